The maximum absolute atomic E-state index is 4.91. The maximum Gasteiger partial charge on any atom is 0.115 e. The van der Waals surface area contributed by atoms with E-state index in [2.05, 4.69) is 58.8 Å². The van der Waals surface area contributed by atoms with Crippen LogP contribution in [0.25, 0.3) is 32.8 Å². The largest absolute Gasteiger partial charge is 0.331 e. The molecule has 5 nitrogen and oxygen atoms in total. The third-order valence-electron chi connectivity index (χ3n) is 5.49. The van der Waals surface area contributed by atoms with Gasteiger partial charge in [-0.3, -0.25) is 15.0 Å². The van der Waals surface area contributed by atoms with E-state index in [0.717, 1.165) is 68.5 Å². The van der Waals surface area contributed by atoms with E-state index in [0.29, 0.717) is 0 Å². The van der Waals surface area contributed by atoms with E-state index in [9.17, 15) is 0 Å². The molecule has 4 aromatic heterocycles. The molecule has 0 radical (unpaired) electrons. The number of pyridine rings is 3. The third kappa shape index (κ3) is 2.62. The van der Waals surface area contributed by atoms with Crippen molar-refractivity contribution in [1.29, 1.82) is 0 Å². The van der Waals surface area contributed by atoms with Gasteiger partial charge in [0.15, 0.2) is 0 Å². The Morgan fingerprint density at radius 2 is 1.75 bits per heavy atom. The fourth-order valence-electron chi connectivity index (χ4n) is 3.86. The van der Waals surface area contributed by atoms with Crippen LogP contribution in [0.1, 0.15) is 22.8 Å². The summed E-state index contributed by atoms with van der Waals surface area (Å²) in [7, 11) is 2.08. The van der Waals surface area contributed by atoms with Gasteiger partial charge in [-0.05, 0) is 50.1 Å². The van der Waals surface area contributed by atoms with Crippen molar-refractivity contribution in [3.05, 3.63) is 71.6 Å². The van der Waals surface area contributed by atoms with Gasteiger partial charge >= 0.3 is 0 Å². The Labute approximate surface area is 163 Å². The Bertz CT molecular complexity index is 1350. The van der Waals surface area contributed by atoms with Crippen LogP contribution in [0.3, 0.4) is 0 Å². The number of benzene rings is 1. The summed E-state index contributed by atoms with van der Waals surface area (Å²) >= 11 is 0. The highest BCUT2D eigenvalue weighted by molar-refractivity contribution is 6.01. The van der Waals surface area contributed by atoms with Crippen molar-refractivity contribution >= 4 is 32.8 Å². The summed E-state index contributed by atoms with van der Waals surface area (Å²) in [5.74, 6) is 1.05. The fourth-order valence-corrected chi connectivity index (χ4v) is 3.86. The number of fused-ring (bicyclic) bond motifs is 4. The number of aryl methyl sites for hydroxylation is 5. The van der Waals surface area contributed by atoms with Crippen LogP contribution in [-0.4, -0.2) is 24.5 Å². The van der Waals surface area contributed by atoms with E-state index in [-0.39, 0.29) is 0 Å². The van der Waals surface area contributed by atoms with Crippen molar-refractivity contribution in [2.24, 2.45) is 7.05 Å². The molecule has 5 heteroatoms. The fraction of sp³-hybridized carbons (Fsp3) is 0.217. The van der Waals surface area contributed by atoms with E-state index >= 15 is 0 Å². The molecule has 0 aliphatic rings. The second-order valence-electron chi connectivity index (χ2n) is 7.32. The molecule has 5 rings (SSSR count). The first-order chi connectivity index (χ1) is 13.6. The van der Waals surface area contributed by atoms with Crippen molar-refractivity contribution in [3.63, 3.8) is 0 Å². The predicted octanol–water partition coefficient (Wildman–Crippen LogP) is 4.47. The Hall–Kier alpha value is -3.34. The summed E-state index contributed by atoms with van der Waals surface area (Å²) in [6, 6.07) is 12.5. The molecule has 0 aliphatic heterocycles. The lowest BCUT2D eigenvalue weighted by atomic mass is 10.1. The minimum atomic E-state index is 0.834. The predicted molar refractivity (Wildman–Crippen MR) is 112 cm³/mol. The average Bonchev–Trinajstić information content (AvgIpc) is 3.05. The lowest BCUT2D eigenvalue weighted by Crippen LogP contribution is -2.02. The molecule has 0 fully saturated rings. The lowest BCUT2D eigenvalue weighted by molar-refractivity contribution is 0.777. The molecule has 5 aromatic rings. The molecule has 0 bridgehead atoms. The van der Waals surface area contributed by atoms with Gasteiger partial charge < -0.3 is 4.57 Å². The van der Waals surface area contributed by atoms with E-state index in [1.807, 2.05) is 25.4 Å². The number of hydrogen-bond donors (Lipinski definition) is 0. The average molecular weight is 367 g/mol. The van der Waals surface area contributed by atoms with Crippen LogP contribution in [0.4, 0.5) is 0 Å². The van der Waals surface area contributed by atoms with Gasteiger partial charge in [0.05, 0.1) is 16.6 Å². The highest BCUT2D eigenvalue weighted by atomic mass is 15.1. The molecule has 0 saturated heterocycles. The molecule has 0 aliphatic carbocycles. The first-order valence-electron chi connectivity index (χ1n) is 9.52. The summed E-state index contributed by atoms with van der Waals surface area (Å²) < 4.78 is 2.17. The van der Waals surface area contributed by atoms with Crippen LogP contribution in [-0.2, 0) is 19.9 Å². The second-order valence-corrected chi connectivity index (χ2v) is 7.32. The standard InChI is InChI=1S/C23H21N5/c1-14-13-25-15(2)18-9-7-17(26-21(14)18)8-11-20-27-23-19(28(20)3)10-6-16-5-4-12-24-22(16)23/h4-7,9-10,12-13H,8,11H2,1-3H3. The van der Waals surface area contributed by atoms with E-state index in [1.165, 1.54) is 0 Å². The Kier molecular flexibility index (Phi) is 3.83. The molecular weight excluding hydrogens is 346 g/mol. The van der Waals surface area contributed by atoms with Crippen molar-refractivity contribution in [3.8, 4) is 0 Å². The number of nitrogens with zero attached hydrogens (tertiary/aromatic N) is 5. The van der Waals surface area contributed by atoms with Gasteiger partial charge in [-0.2, -0.15) is 0 Å². The smallest absolute Gasteiger partial charge is 0.115 e. The first-order valence-corrected chi connectivity index (χ1v) is 9.52. The van der Waals surface area contributed by atoms with E-state index < -0.39 is 0 Å². The van der Waals surface area contributed by atoms with Crippen LogP contribution < -0.4 is 0 Å². The highest BCUT2D eigenvalue weighted by Gasteiger charge is 2.12. The van der Waals surface area contributed by atoms with Crippen molar-refractivity contribution in [2.75, 3.05) is 0 Å². The molecule has 1 aromatic carbocycles. The summed E-state index contributed by atoms with van der Waals surface area (Å²) in [5, 5.41) is 2.25. The van der Waals surface area contributed by atoms with Gasteiger partial charge in [0.25, 0.3) is 0 Å². The van der Waals surface area contributed by atoms with Gasteiger partial charge in [0.1, 0.15) is 11.3 Å². The van der Waals surface area contributed by atoms with Gasteiger partial charge in [-0.25, -0.2) is 4.98 Å². The van der Waals surface area contributed by atoms with Crippen molar-refractivity contribution < 1.29 is 0 Å². The van der Waals surface area contributed by atoms with Crippen LogP contribution in [0.2, 0.25) is 0 Å². The van der Waals surface area contributed by atoms with E-state index in [1.54, 1.807) is 0 Å². The van der Waals surface area contributed by atoms with Crippen LogP contribution >= 0.6 is 0 Å². The lowest BCUT2D eigenvalue weighted by Gasteiger charge is -2.07. The minimum Gasteiger partial charge on any atom is -0.331 e. The SMILES string of the molecule is Cc1ncc(C)c2nc(CCc3nc4c5ncccc5ccc4n3C)ccc12. The summed E-state index contributed by atoms with van der Waals surface area (Å²) in [6.45, 7) is 4.09. The zero-order chi connectivity index (χ0) is 19.3. The monoisotopic (exact) mass is 367 g/mol. The molecular formula is C23H21N5. The molecule has 0 spiro atoms. The number of aromatic nitrogens is 5. The normalized spacial score (nSPS) is 11.7. The summed E-state index contributed by atoms with van der Waals surface area (Å²) in [4.78, 5) is 18.8. The van der Waals surface area contributed by atoms with Gasteiger partial charge in [0, 0.05) is 48.0 Å². The molecule has 0 amide bonds. The number of imidazole rings is 1. The molecule has 4 heterocycles. The van der Waals surface area contributed by atoms with Crippen molar-refractivity contribution in [1.82, 2.24) is 24.5 Å². The maximum atomic E-state index is 4.91. The first kappa shape index (κ1) is 16.8. The number of hydrogen-bond acceptors (Lipinski definition) is 4. The highest BCUT2D eigenvalue weighted by Crippen LogP contribution is 2.24. The zero-order valence-corrected chi connectivity index (χ0v) is 16.3. The molecule has 28 heavy (non-hydrogen) atoms. The molecule has 0 unspecified atom stereocenters. The van der Waals surface area contributed by atoms with Crippen LogP contribution in [0, 0.1) is 13.8 Å². The number of rotatable bonds is 3. The van der Waals surface area contributed by atoms with Gasteiger partial charge in [0.2, 0.25) is 0 Å². The molecule has 0 atom stereocenters. The summed E-state index contributed by atoms with van der Waals surface area (Å²) in [6.07, 6.45) is 5.41. The van der Waals surface area contributed by atoms with E-state index in [4.69, 9.17) is 9.97 Å². The quantitative estimate of drug-likeness (QED) is 0.472. The topological polar surface area (TPSA) is 56.5 Å². The van der Waals surface area contributed by atoms with Crippen LogP contribution in [0.15, 0.2) is 48.8 Å². The second kappa shape index (κ2) is 6.37. The summed E-state index contributed by atoms with van der Waals surface area (Å²) in [5.41, 5.74) is 7.31. The molecule has 0 saturated carbocycles. The van der Waals surface area contributed by atoms with Gasteiger partial charge in [-0.15, -0.1) is 0 Å². The van der Waals surface area contributed by atoms with Crippen LogP contribution in [0.5, 0.6) is 0 Å². The van der Waals surface area contributed by atoms with Crippen molar-refractivity contribution in [2.45, 2.75) is 26.7 Å². The molecule has 0 N–H and O–H groups in total. The Morgan fingerprint density at radius 1 is 0.857 bits per heavy atom. The third-order valence-corrected chi connectivity index (χ3v) is 5.49. The minimum absolute atomic E-state index is 0.834. The zero-order valence-electron chi connectivity index (χ0n) is 16.3. The molecule has 138 valence electrons. The van der Waals surface area contributed by atoms with Gasteiger partial charge in [-0.1, -0.05) is 12.1 Å². The Balaban J connectivity index is 1.51. The Morgan fingerprint density at radius 3 is 2.64 bits per heavy atom.